The van der Waals surface area contributed by atoms with Gasteiger partial charge in [0.05, 0.1) is 0 Å². The molecular weight excluding hydrogens is 131 g/mol. The van der Waals surface area contributed by atoms with Crippen LogP contribution in [0.3, 0.4) is 0 Å². The summed E-state index contributed by atoms with van der Waals surface area (Å²) in [6.45, 7) is 0. The van der Waals surface area contributed by atoms with Crippen LogP contribution in [0.1, 0.15) is 0 Å². The fourth-order valence-electron chi connectivity index (χ4n) is 0.0500. The maximum atomic E-state index is 7.96. The first-order valence-corrected chi connectivity index (χ1v) is 4.31. The van der Waals surface area contributed by atoms with E-state index in [2.05, 4.69) is 0 Å². The SMILES string of the molecule is OC[AsH]CO. The number of aliphatic hydroxyl groups excluding tert-OH is 2. The number of hydrogen-bond donors (Lipinski definition) is 2. The summed E-state index contributed by atoms with van der Waals surface area (Å²) in [5.74, 6) is 0. The molecule has 0 aromatic carbocycles. The average Bonchev–Trinajstić information content (AvgIpc) is 1.41. The summed E-state index contributed by atoms with van der Waals surface area (Å²) in [5, 5.41) is 16.4. The van der Waals surface area contributed by atoms with E-state index in [0.717, 1.165) is 0 Å². The van der Waals surface area contributed by atoms with Crippen LogP contribution in [0.4, 0.5) is 0 Å². The molecule has 2 nitrogen and oxygen atoms in total. The Balaban J connectivity index is 2.19. The standard InChI is InChI=1S/C2H7AsO2/c4-1-3-2-5/h3-5H,1-2H2. The van der Waals surface area contributed by atoms with Gasteiger partial charge in [0.15, 0.2) is 0 Å². The Morgan fingerprint density at radius 2 is 1.60 bits per heavy atom. The minimum absolute atomic E-state index is 0.219. The van der Waals surface area contributed by atoms with Gasteiger partial charge in [-0.2, -0.15) is 0 Å². The van der Waals surface area contributed by atoms with Crippen molar-refractivity contribution in [2.24, 2.45) is 0 Å². The van der Waals surface area contributed by atoms with Crippen molar-refractivity contribution in [3.63, 3.8) is 0 Å². The molecule has 0 aromatic rings. The molecule has 0 unspecified atom stereocenters. The summed E-state index contributed by atoms with van der Waals surface area (Å²) in [5.41, 5.74) is 0. The van der Waals surface area contributed by atoms with Gasteiger partial charge in [-0.1, -0.05) is 0 Å². The first-order valence-electron chi connectivity index (χ1n) is 1.34. The average molecular weight is 138 g/mol. The first kappa shape index (κ1) is 5.48. The van der Waals surface area contributed by atoms with Crippen molar-refractivity contribution in [1.29, 1.82) is 0 Å². The summed E-state index contributed by atoms with van der Waals surface area (Å²) in [4.78, 5) is 0. The van der Waals surface area contributed by atoms with Crippen LogP contribution in [0, 0.1) is 0 Å². The molecule has 5 heavy (non-hydrogen) atoms. The van der Waals surface area contributed by atoms with Crippen molar-refractivity contribution in [3.8, 4) is 0 Å². The Labute approximate surface area is 37.5 Å². The van der Waals surface area contributed by atoms with Crippen LogP contribution in [0.15, 0.2) is 0 Å². The van der Waals surface area contributed by atoms with E-state index in [9.17, 15) is 0 Å². The van der Waals surface area contributed by atoms with Crippen molar-refractivity contribution >= 4 is 15.8 Å². The molecule has 0 aromatic heterocycles. The molecule has 0 fully saturated rings. The molecule has 3 heteroatoms. The molecule has 2 N–H and O–H groups in total. The molecule has 0 amide bonds. The molecule has 0 atom stereocenters. The predicted molar refractivity (Wildman–Crippen MR) is 21.3 cm³/mol. The second kappa shape index (κ2) is 4.48. The van der Waals surface area contributed by atoms with Gasteiger partial charge >= 0.3 is 36.8 Å². The molecule has 0 saturated heterocycles. The fraction of sp³-hybridized carbons (Fsp3) is 1.00. The van der Waals surface area contributed by atoms with Gasteiger partial charge in [-0.15, -0.1) is 0 Å². The Kier molecular flexibility index (Phi) is 4.91. The van der Waals surface area contributed by atoms with Gasteiger partial charge in [0.25, 0.3) is 0 Å². The number of hydrogen-bond acceptors (Lipinski definition) is 2. The molecule has 0 bridgehead atoms. The molecule has 0 spiro atoms. The Hall–Kier alpha value is 0.478. The van der Waals surface area contributed by atoms with Crippen molar-refractivity contribution in [3.05, 3.63) is 0 Å². The van der Waals surface area contributed by atoms with E-state index >= 15 is 0 Å². The molecule has 32 valence electrons. The second-order valence-electron chi connectivity index (χ2n) is 0.566. The van der Waals surface area contributed by atoms with Gasteiger partial charge < -0.3 is 0 Å². The van der Waals surface area contributed by atoms with Gasteiger partial charge in [0.2, 0.25) is 0 Å². The van der Waals surface area contributed by atoms with Gasteiger partial charge in [-0.05, 0) is 0 Å². The van der Waals surface area contributed by atoms with E-state index in [1.54, 1.807) is 0 Å². The van der Waals surface area contributed by atoms with Crippen LogP contribution in [0.25, 0.3) is 0 Å². The maximum absolute atomic E-state index is 7.96. The van der Waals surface area contributed by atoms with E-state index in [0.29, 0.717) is 0 Å². The summed E-state index contributed by atoms with van der Waals surface area (Å²) < 4.78 is 0. The Bertz CT molecular complexity index is 15.1. The van der Waals surface area contributed by atoms with Crippen molar-refractivity contribution in [1.82, 2.24) is 0 Å². The summed E-state index contributed by atoms with van der Waals surface area (Å²) >= 11 is -0.361. The van der Waals surface area contributed by atoms with Crippen LogP contribution in [-0.4, -0.2) is 36.8 Å². The zero-order valence-corrected chi connectivity index (χ0v) is 4.91. The van der Waals surface area contributed by atoms with Crippen molar-refractivity contribution in [2.45, 2.75) is 0 Å². The third kappa shape index (κ3) is 4.48. The van der Waals surface area contributed by atoms with Crippen LogP contribution in [0.5, 0.6) is 0 Å². The fourth-order valence-corrected chi connectivity index (χ4v) is 0.260. The quantitative estimate of drug-likeness (QED) is 0.447. The number of rotatable bonds is 2. The first-order chi connectivity index (χ1) is 2.41. The molecule has 0 saturated carbocycles. The number of aliphatic hydroxyl groups is 2. The van der Waals surface area contributed by atoms with E-state index in [4.69, 9.17) is 10.2 Å². The van der Waals surface area contributed by atoms with Crippen LogP contribution in [-0.2, 0) is 0 Å². The molecule has 0 heterocycles. The minimum atomic E-state index is -0.361. The normalized spacial score (nSPS) is 8.40. The second-order valence-corrected chi connectivity index (χ2v) is 2.94. The third-order valence-electron chi connectivity index (χ3n) is 0.224. The summed E-state index contributed by atoms with van der Waals surface area (Å²) in [6, 6.07) is 0. The summed E-state index contributed by atoms with van der Waals surface area (Å²) in [7, 11) is 0. The van der Waals surface area contributed by atoms with E-state index < -0.39 is 0 Å². The van der Waals surface area contributed by atoms with Crippen molar-refractivity contribution < 1.29 is 10.2 Å². The van der Waals surface area contributed by atoms with Crippen LogP contribution < -0.4 is 0 Å². The molecule has 0 aliphatic rings. The molecule has 0 radical (unpaired) electrons. The van der Waals surface area contributed by atoms with Crippen LogP contribution in [0.2, 0.25) is 0 Å². The molecule has 0 aliphatic heterocycles. The molecular formula is C2H7AsO2. The van der Waals surface area contributed by atoms with E-state index in [-0.39, 0.29) is 26.5 Å². The Morgan fingerprint density at radius 3 is 1.60 bits per heavy atom. The van der Waals surface area contributed by atoms with Crippen LogP contribution >= 0.6 is 0 Å². The van der Waals surface area contributed by atoms with Gasteiger partial charge in [0.1, 0.15) is 0 Å². The summed E-state index contributed by atoms with van der Waals surface area (Å²) in [6.07, 6.45) is 0. The Morgan fingerprint density at radius 1 is 1.20 bits per heavy atom. The van der Waals surface area contributed by atoms with E-state index in [1.807, 2.05) is 0 Å². The molecule has 0 aliphatic carbocycles. The molecule has 0 rings (SSSR count). The van der Waals surface area contributed by atoms with Gasteiger partial charge in [-0.25, -0.2) is 0 Å². The third-order valence-corrected chi connectivity index (χ3v) is 1.16. The van der Waals surface area contributed by atoms with E-state index in [1.165, 1.54) is 0 Å². The topological polar surface area (TPSA) is 40.5 Å². The zero-order valence-electron chi connectivity index (χ0n) is 2.81. The van der Waals surface area contributed by atoms with Crippen molar-refractivity contribution in [2.75, 3.05) is 10.8 Å². The van der Waals surface area contributed by atoms with Gasteiger partial charge in [0, 0.05) is 0 Å². The van der Waals surface area contributed by atoms with Gasteiger partial charge in [-0.3, -0.25) is 0 Å². The zero-order chi connectivity index (χ0) is 4.12. The monoisotopic (exact) mass is 138 g/mol. The predicted octanol–water partition coefficient (Wildman–Crippen LogP) is -1.68.